The van der Waals surface area contributed by atoms with Crippen LogP contribution in [0.2, 0.25) is 5.28 Å². The molecule has 6 nitrogen and oxygen atoms in total. The van der Waals surface area contributed by atoms with Gasteiger partial charge in [0.2, 0.25) is 5.28 Å². The second-order valence-corrected chi connectivity index (χ2v) is 5.79. The number of aromatic nitrogens is 4. The smallest absolute Gasteiger partial charge is 0.225 e. The van der Waals surface area contributed by atoms with Gasteiger partial charge < -0.3 is 14.2 Å². The molecule has 110 valence electrons. The van der Waals surface area contributed by atoms with Crippen molar-refractivity contribution in [1.82, 2.24) is 19.5 Å². The summed E-state index contributed by atoms with van der Waals surface area (Å²) < 4.78 is 7.63. The third-order valence-electron chi connectivity index (χ3n) is 4.13. The number of fused-ring (bicyclic) bond motifs is 3. The highest BCUT2D eigenvalue weighted by Gasteiger charge is 2.29. The van der Waals surface area contributed by atoms with Crippen molar-refractivity contribution in [3.8, 4) is 11.5 Å². The molecule has 0 aliphatic carbocycles. The second kappa shape index (κ2) is 4.96. The second-order valence-electron chi connectivity index (χ2n) is 5.45. The first-order chi connectivity index (χ1) is 10.2. The number of hydrogen-bond donors (Lipinski definition) is 0. The molecule has 0 saturated carbocycles. The molecular formula is C14H16ClN5O. The first-order valence-corrected chi connectivity index (χ1v) is 7.54. The van der Waals surface area contributed by atoms with E-state index >= 15 is 0 Å². The first-order valence-electron chi connectivity index (χ1n) is 7.16. The van der Waals surface area contributed by atoms with Crippen LogP contribution in [0.1, 0.15) is 12.5 Å². The Hall–Kier alpha value is -1.66. The molecule has 2 aromatic rings. The zero-order valence-corrected chi connectivity index (χ0v) is 12.5. The number of morpholine rings is 1. The van der Waals surface area contributed by atoms with E-state index in [1.54, 1.807) is 6.20 Å². The summed E-state index contributed by atoms with van der Waals surface area (Å²) in [6.07, 6.45) is 4.68. The Kier molecular flexibility index (Phi) is 3.08. The lowest BCUT2D eigenvalue weighted by Gasteiger charge is -2.36. The largest absolute Gasteiger partial charge is 0.377 e. The number of nitrogens with zero attached hydrogens (tertiary/aromatic N) is 5. The molecule has 1 unspecified atom stereocenters. The van der Waals surface area contributed by atoms with E-state index in [0.29, 0.717) is 6.61 Å². The summed E-state index contributed by atoms with van der Waals surface area (Å²) in [6, 6.07) is 0.287. The molecule has 4 rings (SSSR count). The molecule has 0 radical (unpaired) electrons. The average Bonchev–Trinajstić information content (AvgIpc) is 2.96. The summed E-state index contributed by atoms with van der Waals surface area (Å²) in [7, 11) is 0. The number of hydrogen-bond acceptors (Lipinski definition) is 5. The molecule has 2 aliphatic rings. The van der Waals surface area contributed by atoms with Crippen LogP contribution in [0.3, 0.4) is 0 Å². The van der Waals surface area contributed by atoms with Gasteiger partial charge in [-0.2, -0.15) is 0 Å². The molecule has 0 spiro atoms. The highest BCUT2D eigenvalue weighted by atomic mass is 35.5. The van der Waals surface area contributed by atoms with Gasteiger partial charge in [0.05, 0.1) is 19.3 Å². The topological polar surface area (TPSA) is 56.1 Å². The van der Waals surface area contributed by atoms with Crippen molar-refractivity contribution in [2.24, 2.45) is 0 Å². The van der Waals surface area contributed by atoms with Crippen LogP contribution < -0.4 is 4.90 Å². The Labute approximate surface area is 127 Å². The van der Waals surface area contributed by atoms with Crippen LogP contribution >= 0.6 is 11.6 Å². The van der Waals surface area contributed by atoms with E-state index in [0.717, 1.165) is 49.0 Å². The van der Waals surface area contributed by atoms with Gasteiger partial charge in [-0.15, -0.1) is 0 Å². The first kappa shape index (κ1) is 13.0. The lowest BCUT2D eigenvalue weighted by atomic mass is 10.1. The van der Waals surface area contributed by atoms with Crippen LogP contribution in [0, 0.1) is 0 Å². The molecule has 0 amide bonds. The van der Waals surface area contributed by atoms with Crippen LogP contribution in [-0.4, -0.2) is 45.3 Å². The van der Waals surface area contributed by atoms with Crippen molar-refractivity contribution in [2.75, 3.05) is 24.7 Å². The van der Waals surface area contributed by atoms with Crippen molar-refractivity contribution in [3.05, 3.63) is 23.2 Å². The molecule has 0 N–H and O–H groups in total. The van der Waals surface area contributed by atoms with E-state index in [1.807, 2.05) is 6.20 Å². The fourth-order valence-electron chi connectivity index (χ4n) is 3.08. The van der Waals surface area contributed by atoms with Crippen LogP contribution in [0.25, 0.3) is 11.5 Å². The summed E-state index contributed by atoms with van der Waals surface area (Å²) in [4.78, 5) is 15.6. The van der Waals surface area contributed by atoms with E-state index < -0.39 is 0 Å². The van der Waals surface area contributed by atoms with E-state index in [-0.39, 0.29) is 11.3 Å². The minimum Gasteiger partial charge on any atom is -0.377 e. The summed E-state index contributed by atoms with van der Waals surface area (Å²) in [6.45, 7) is 5.31. The monoisotopic (exact) mass is 305 g/mol. The van der Waals surface area contributed by atoms with Gasteiger partial charge >= 0.3 is 0 Å². The molecule has 1 atom stereocenters. The maximum atomic E-state index is 6.17. The highest BCUT2D eigenvalue weighted by Crippen LogP contribution is 2.34. The Bertz CT molecular complexity index is 686. The molecule has 0 bridgehead atoms. The summed E-state index contributed by atoms with van der Waals surface area (Å²) in [5.74, 6) is 1.82. The van der Waals surface area contributed by atoms with Crippen molar-refractivity contribution >= 4 is 17.4 Å². The SMILES string of the molecule is CC1COCCN1c1nc(Cl)nc2c1CCn1ccnc1-2. The number of rotatable bonds is 1. The van der Waals surface area contributed by atoms with Gasteiger partial charge in [-0.05, 0) is 24.9 Å². The lowest BCUT2D eigenvalue weighted by molar-refractivity contribution is 0.0984. The van der Waals surface area contributed by atoms with Gasteiger partial charge in [-0.25, -0.2) is 15.0 Å². The third kappa shape index (κ3) is 2.10. The predicted molar refractivity (Wildman–Crippen MR) is 79.6 cm³/mol. The fraction of sp³-hybridized carbons (Fsp3) is 0.500. The standard InChI is InChI=1S/C14H16ClN5O/c1-9-8-21-7-6-20(9)12-10-2-4-19-5-3-16-13(19)11(10)17-14(15)18-12/h3,5,9H,2,4,6-8H2,1H3. The molecule has 0 aromatic carbocycles. The average molecular weight is 306 g/mol. The molecule has 1 saturated heterocycles. The lowest BCUT2D eigenvalue weighted by Crippen LogP contribution is -2.45. The van der Waals surface area contributed by atoms with Gasteiger partial charge in [0.25, 0.3) is 0 Å². The van der Waals surface area contributed by atoms with Crippen molar-refractivity contribution in [2.45, 2.75) is 25.9 Å². The minimum absolute atomic E-state index is 0.277. The Morgan fingerprint density at radius 1 is 1.33 bits per heavy atom. The molecule has 1 fully saturated rings. The van der Waals surface area contributed by atoms with Crippen molar-refractivity contribution < 1.29 is 4.74 Å². The zero-order valence-electron chi connectivity index (χ0n) is 11.8. The van der Waals surface area contributed by atoms with Gasteiger partial charge in [0.15, 0.2) is 5.82 Å². The maximum absolute atomic E-state index is 6.17. The third-order valence-corrected chi connectivity index (χ3v) is 4.30. The molecule has 4 heterocycles. The fourth-order valence-corrected chi connectivity index (χ4v) is 3.24. The zero-order chi connectivity index (χ0) is 14.4. The van der Waals surface area contributed by atoms with E-state index in [1.165, 1.54) is 0 Å². The number of halogens is 1. The van der Waals surface area contributed by atoms with Crippen molar-refractivity contribution in [1.29, 1.82) is 0 Å². The number of anilines is 1. The molecule has 2 aromatic heterocycles. The van der Waals surface area contributed by atoms with E-state index in [2.05, 4.69) is 31.3 Å². The van der Waals surface area contributed by atoms with E-state index in [4.69, 9.17) is 16.3 Å². The number of aryl methyl sites for hydroxylation is 1. The van der Waals surface area contributed by atoms with Crippen LogP contribution in [0.4, 0.5) is 5.82 Å². The van der Waals surface area contributed by atoms with E-state index in [9.17, 15) is 0 Å². The molecule has 21 heavy (non-hydrogen) atoms. The quantitative estimate of drug-likeness (QED) is 0.752. The summed E-state index contributed by atoms with van der Waals surface area (Å²) >= 11 is 6.17. The van der Waals surface area contributed by atoms with Crippen LogP contribution in [0.15, 0.2) is 12.4 Å². The number of ether oxygens (including phenoxy) is 1. The predicted octanol–water partition coefficient (Wildman–Crippen LogP) is 1.77. The minimum atomic E-state index is 0.277. The van der Waals surface area contributed by atoms with Crippen LogP contribution in [-0.2, 0) is 17.7 Å². The molecule has 7 heteroatoms. The number of imidazole rings is 1. The van der Waals surface area contributed by atoms with Crippen molar-refractivity contribution in [3.63, 3.8) is 0 Å². The Morgan fingerprint density at radius 3 is 3.10 bits per heavy atom. The Morgan fingerprint density at radius 2 is 2.24 bits per heavy atom. The van der Waals surface area contributed by atoms with Gasteiger partial charge in [0, 0.05) is 31.0 Å². The summed E-state index contributed by atoms with van der Waals surface area (Å²) in [5, 5.41) is 0.277. The summed E-state index contributed by atoms with van der Waals surface area (Å²) in [5.41, 5.74) is 2.01. The Balaban J connectivity index is 1.86. The van der Waals surface area contributed by atoms with Gasteiger partial charge in [0.1, 0.15) is 11.5 Å². The molecule has 2 aliphatic heterocycles. The van der Waals surface area contributed by atoms with Gasteiger partial charge in [-0.3, -0.25) is 0 Å². The van der Waals surface area contributed by atoms with Gasteiger partial charge in [-0.1, -0.05) is 0 Å². The van der Waals surface area contributed by atoms with Crippen LogP contribution in [0.5, 0.6) is 0 Å². The molecular weight excluding hydrogens is 290 g/mol. The normalized spacial score (nSPS) is 21.0. The maximum Gasteiger partial charge on any atom is 0.225 e. The highest BCUT2D eigenvalue weighted by molar-refractivity contribution is 6.28.